The third-order valence-corrected chi connectivity index (χ3v) is 3.23. The van der Waals surface area contributed by atoms with Crippen LogP contribution in [0.5, 0.6) is 5.75 Å². The fraction of sp³-hybridized carbons (Fsp3) is 0.143. The lowest BCUT2D eigenvalue weighted by molar-refractivity contribution is -0.0426. The molecule has 1 rings (SSSR count). The van der Waals surface area contributed by atoms with Crippen LogP contribution < -0.4 is 0 Å². The van der Waals surface area contributed by atoms with E-state index in [0.717, 1.165) is 12.1 Å². The van der Waals surface area contributed by atoms with Crippen molar-refractivity contribution in [1.82, 2.24) is 0 Å². The maximum Gasteiger partial charge on any atom is 0.265 e. The van der Waals surface area contributed by atoms with Crippen molar-refractivity contribution in [2.75, 3.05) is 0 Å². The van der Waals surface area contributed by atoms with E-state index >= 15 is 0 Å². The summed E-state index contributed by atoms with van der Waals surface area (Å²) in [4.78, 5) is -0.667. The van der Waals surface area contributed by atoms with Crippen LogP contribution in [0, 0.1) is 0 Å². The maximum absolute atomic E-state index is 11.0. The Hall–Kier alpha value is -0.530. The second-order valence-corrected chi connectivity index (χ2v) is 5.60. The highest BCUT2D eigenvalue weighted by Gasteiger charge is 2.20. The lowest BCUT2D eigenvalue weighted by Crippen LogP contribution is -1.99. The molecule has 0 saturated heterocycles. The first-order valence-corrected chi connectivity index (χ1v) is 6.25. The molecule has 8 heteroatoms. The Morgan fingerprint density at radius 2 is 1.80 bits per heavy atom. The second kappa shape index (κ2) is 4.15. The molecule has 0 bridgehead atoms. The van der Waals surface area contributed by atoms with E-state index in [1.54, 1.807) is 0 Å². The number of phenolic OH excluding ortho intramolecular Hbond substituents is 1. The van der Waals surface area contributed by atoms with Gasteiger partial charge < -0.3 is 15.3 Å². The highest BCUT2D eigenvalue weighted by Crippen LogP contribution is 2.35. The molecule has 0 aromatic heterocycles. The van der Waals surface area contributed by atoms with Gasteiger partial charge in [-0.2, -0.15) is 0 Å². The molecule has 0 saturated carbocycles. The van der Waals surface area contributed by atoms with E-state index in [2.05, 4.69) is 0 Å². The molecular weight excluding hydrogens is 267 g/mol. The van der Waals surface area contributed by atoms with E-state index in [1.165, 1.54) is 0 Å². The molecule has 0 fully saturated rings. The van der Waals surface area contributed by atoms with Gasteiger partial charge in [0, 0.05) is 16.2 Å². The zero-order valence-corrected chi connectivity index (χ0v) is 9.38. The van der Waals surface area contributed by atoms with Gasteiger partial charge >= 0.3 is 0 Å². The third-order valence-electron chi connectivity index (χ3n) is 1.61. The molecule has 1 aromatic rings. The molecule has 0 spiro atoms. The molecule has 3 N–H and O–H groups in total. The third kappa shape index (κ3) is 2.73. The monoisotopic (exact) mass is 272 g/mol. The summed E-state index contributed by atoms with van der Waals surface area (Å²) >= 11 is 5.47. The molecule has 0 radical (unpaired) electrons. The molecular formula is C7H6Cl2O5S. The van der Waals surface area contributed by atoms with Crippen molar-refractivity contribution in [2.24, 2.45) is 0 Å². The van der Waals surface area contributed by atoms with Gasteiger partial charge in [-0.1, -0.05) is 11.6 Å². The van der Waals surface area contributed by atoms with E-state index in [1.807, 2.05) is 0 Å². The van der Waals surface area contributed by atoms with E-state index in [4.69, 9.17) is 32.5 Å². The smallest absolute Gasteiger partial charge is 0.265 e. The highest BCUT2D eigenvalue weighted by molar-refractivity contribution is 8.13. The van der Waals surface area contributed by atoms with Gasteiger partial charge in [-0.25, -0.2) is 8.42 Å². The van der Waals surface area contributed by atoms with Crippen LogP contribution in [-0.4, -0.2) is 23.7 Å². The number of rotatable bonds is 2. The van der Waals surface area contributed by atoms with Crippen LogP contribution in [0.3, 0.4) is 0 Å². The molecule has 1 aromatic carbocycles. The van der Waals surface area contributed by atoms with E-state index < -0.39 is 26.0 Å². The molecule has 0 aliphatic rings. The highest BCUT2D eigenvalue weighted by atomic mass is 35.7. The van der Waals surface area contributed by atoms with Crippen molar-refractivity contribution in [1.29, 1.82) is 0 Å². The van der Waals surface area contributed by atoms with Crippen LogP contribution in [0.2, 0.25) is 5.02 Å². The first-order chi connectivity index (χ1) is 6.73. The summed E-state index contributed by atoms with van der Waals surface area (Å²) in [7, 11) is 0.806. The van der Waals surface area contributed by atoms with Gasteiger partial charge in [0.05, 0.1) is 5.02 Å². The first kappa shape index (κ1) is 12.5. The van der Waals surface area contributed by atoms with Gasteiger partial charge in [-0.15, -0.1) is 0 Å². The summed E-state index contributed by atoms with van der Waals surface area (Å²) in [6.07, 6.45) is -1.90. The quantitative estimate of drug-likeness (QED) is 0.551. The van der Waals surface area contributed by atoms with Crippen LogP contribution in [0.25, 0.3) is 0 Å². The minimum absolute atomic E-state index is 0.183. The number of aliphatic hydroxyl groups is 2. The van der Waals surface area contributed by atoms with Crippen molar-refractivity contribution < 1.29 is 23.7 Å². The lowest BCUT2D eigenvalue weighted by atomic mass is 10.2. The fourth-order valence-corrected chi connectivity index (χ4v) is 2.18. The van der Waals surface area contributed by atoms with Crippen LogP contribution in [0.15, 0.2) is 17.0 Å². The summed E-state index contributed by atoms with van der Waals surface area (Å²) in [5.74, 6) is -0.726. The van der Waals surface area contributed by atoms with Crippen LogP contribution >= 0.6 is 22.3 Å². The molecule has 0 unspecified atom stereocenters. The summed E-state index contributed by atoms with van der Waals surface area (Å²) in [6.45, 7) is 0. The maximum atomic E-state index is 11.0. The minimum atomic E-state index is -4.20. The Labute approximate surface area is 94.9 Å². The summed E-state index contributed by atoms with van der Waals surface area (Å²) in [6, 6.07) is 1.85. The Morgan fingerprint density at radius 3 is 2.20 bits per heavy atom. The average Bonchev–Trinajstić information content (AvgIpc) is 2.06. The fourth-order valence-electron chi connectivity index (χ4n) is 0.929. The normalized spacial score (nSPS) is 12.1. The molecule has 0 aliphatic heterocycles. The number of hydrogen-bond acceptors (Lipinski definition) is 5. The largest absolute Gasteiger partial charge is 0.505 e. The number of aliphatic hydroxyl groups excluding tert-OH is 1. The van der Waals surface area contributed by atoms with Gasteiger partial charge in [0.1, 0.15) is 4.90 Å². The minimum Gasteiger partial charge on any atom is -0.505 e. The molecule has 0 amide bonds. The van der Waals surface area contributed by atoms with Crippen LogP contribution in [0.1, 0.15) is 11.9 Å². The molecule has 84 valence electrons. The van der Waals surface area contributed by atoms with Crippen LogP contribution in [-0.2, 0) is 9.05 Å². The number of benzene rings is 1. The number of phenols is 1. The second-order valence-electron chi connectivity index (χ2n) is 2.66. The Morgan fingerprint density at radius 1 is 1.27 bits per heavy atom. The predicted molar refractivity (Wildman–Crippen MR) is 53.3 cm³/mol. The van der Waals surface area contributed by atoms with E-state index in [-0.39, 0.29) is 10.6 Å². The molecule has 0 heterocycles. The van der Waals surface area contributed by atoms with Gasteiger partial charge in [0.25, 0.3) is 9.05 Å². The van der Waals surface area contributed by atoms with Crippen molar-refractivity contribution in [3.63, 3.8) is 0 Å². The van der Waals surface area contributed by atoms with Crippen LogP contribution in [0.4, 0.5) is 0 Å². The van der Waals surface area contributed by atoms with Gasteiger partial charge in [-0.3, -0.25) is 0 Å². The van der Waals surface area contributed by atoms with Gasteiger partial charge in [-0.05, 0) is 12.1 Å². The Kier molecular flexibility index (Phi) is 3.47. The number of halogens is 2. The molecule has 0 atom stereocenters. The molecule has 15 heavy (non-hydrogen) atoms. The molecule has 0 aliphatic carbocycles. The standard InChI is InChI=1S/C7H6Cl2O5S/c8-4-1-3(7(11)12)2-5(6(4)10)15(9,13)14/h1-2,7,10-12H. The SMILES string of the molecule is O=S(=O)(Cl)c1cc(C(O)O)cc(Cl)c1O. The average molecular weight is 273 g/mol. The lowest BCUT2D eigenvalue weighted by Gasteiger charge is -2.08. The zero-order valence-electron chi connectivity index (χ0n) is 7.05. The van der Waals surface area contributed by atoms with Crippen molar-refractivity contribution in [3.05, 3.63) is 22.7 Å². The number of aromatic hydroxyl groups is 1. The Balaban J connectivity index is 3.52. The predicted octanol–water partition coefficient (Wildman–Crippen LogP) is 0.956. The number of hydrogen-bond donors (Lipinski definition) is 3. The van der Waals surface area contributed by atoms with Gasteiger partial charge in [0.15, 0.2) is 12.0 Å². The topological polar surface area (TPSA) is 94.8 Å². The van der Waals surface area contributed by atoms with Crippen molar-refractivity contribution in [2.45, 2.75) is 11.2 Å². The van der Waals surface area contributed by atoms with E-state index in [0.29, 0.717) is 0 Å². The molecule has 5 nitrogen and oxygen atoms in total. The van der Waals surface area contributed by atoms with Crippen molar-refractivity contribution in [3.8, 4) is 5.75 Å². The first-order valence-electron chi connectivity index (χ1n) is 3.56. The van der Waals surface area contributed by atoms with Gasteiger partial charge in [0.2, 0.25) is 0 Å². The van der Waals surface area contributed by atoms with Crippen molar-refractivity contribution >= 4 is 31.3 Å². The van der Waals surface area contributed by atoms with E-state index in [9.17, 15) is 13.5 Å². The summed E-state index contributed by atoms with van der Waals surface area (Å²) in [5.41, 5.74) is -0.183. The zero-order chi connectivity index (χ0) is 11.8. The summed E-state index contributed by atoms with van der Waals surface area (Å²) in [5, 5.41) is 26.6. The Bertz CT molecular complexity index is 482. The summed E-state index contributed by atoms with van der Waals surface area (Å²) < 4.78 is 21.9.